The minimum Gasteiger partial charge on any atom is -0.299 e. The van der Waals surface area contributed by atoms with E-state index in [9.17, 15) is 9.59 Å². The first-order valence-electron chi connectivity index (χ1n) is 5.98. The molecule has 3 nitrogen and oxygen atoms in total. The number of hydrogen-bond acceptors (Lipinski definition) is 3. The quantitative estimate of drug-likeness (QED) is 0.655. The van der Waals surface area contributed by atoms with Crippen molar-refractivity contribution in [2.24, 2.45) is 5.92 Å². The first-order chi connectivity index (χ1) is 7.18. The summed E-state index contributed by atoms with van der Waals surface area (Å²) in [5.41, 5.74) is 0. The summed E-state index contributed by atoms with van der Waals surface area (Å²) in [4.78, 5) is 25.4. The number of likely N-dealkylation sites (tertiary alicyclic amines) is 1. The van der Waals surface area contributed by atoms with E-state index < -0.39 is 0 Å². The molecule has 2 atom stereocenters. The SMILES string of the molecule is CC1CN(C2CCCCC2=O)CCC1=O. The van der Waals surface area contributed by atoms with Crippen molar-refractivity contribution in [3.8, 4) is 0 Å². The van der Waals surface area contributed by atoms with Gasteiger partial charge in [0.15, 0.2) is 0 Å². The van der Waals surface area contributed by atoms with Crippen molar-refractivity contribution < 1.29 is 9.59 Å². The summed E-state index contributed by atoms with van der Waals surface area (Å²) in [6.45, 7) is 3.55. The van der Waals surface area contributed by atoms with Gasteiger partial charge in [-0.15, -0.1) is 0 Å². The Kier molecular flexibility index (Phi) is 3.19. The Labute approximate surface area is 90.8 Å². The van der Waals surface area contributed by atoms with Gasteiger partial charge in [0.2, 0.25) is 0 Å². The Morgan fingerprint density at radius 2 is 1.93 bits per heavy atom. The maximum absolute atomic E-state index is 11.8. The summed E-state index contributed by atoms with van der Waals surface area (Å²) in [6, 6.07) is 0.120. The molecule has 0 radical (unpaired) electrons. The summed E-state index contributed by atoms with van der Waals surface area (Å²) in [5, 5.41) is 0. The molecule has 0 N–H and O–H groups in total. The number of piperidine rings is 1. The molecule has 1 saturated heterocycles. The van der Waals surface area contributed by atoms with Gasteiger partial charge in [-0.2, -0.15) is 0 Å². The maximum atomic E-state index is 11.8. The van der Waals surface area contributed by atoms with E-state index in [0.717, 1.165) is 38.8 Å². The van der Waals surface area contributed by atoms with Gasteiger partial charge in [-0.3, -0.25) is 14.5 Å². The minimum atomic E-state index is 0.119. The maximum Gasteiger partial charge on any atom is 0.149 e. The second kappa shape index (κ2) is 4.44. The molecule has 2 aliphatic rings. The van der Waals surface area contributed by atoms with Gasteiger partial charge in [-0.25, -0.2) is 0 Å². The summed E-state index contributed by atoms with van der Waals surface area (Å²) in [5.74, 6) is 0.866. The number of hydrogen-bond donors (Lipinski definition) is 0. The largest absolute Gasteiger partial charge is 0.299 e. The highest BCUT2D eigenvalue weighted by Gasteiger charge is 2.33. The Morgan fingerprint density at radius 1 is 1.13 bits per heavy atom. The van der Waals surface area contributed by atoms with E-state index in [1.54, 1.807) is 0 Å². The van der Waals surface area contributed by atoms with Crippen molar-refractivity contribution in [3.05, 3.63) is 0 Å². The lowest BCUT2D eigenvalue weighted by Crippen LogP contribution is -2.49. The van der Waals surface area contributed by atoms with Gasteiger partial charge in [0.25, 0.3) is 0 Å². The fourth-order valence-electron chi connectivity index (χ4n) is 2.68. The Morgan fingerprint density at radius 3 is 2.60 bits per heavy atom. The lowest BCUT2D eigenvalue weighted by molar-refractivity contribution is -0.132. The summed E-state index contributed by atoms with van der Waals surface area (Å²) in [7, 11) is 0. The van der Waals surface area contributed by atoms with E-state index in [2.05, 4.69) is 4.90 Å². The van der Waals surface area contributed by atoms with E-state index in [1.165, 1.54) is 0 Å². The summed E-state index contributed by atoms with van der Waals surface area (Å²) < 4.78 is 0. The second-order valence-electron chi connectivity index (χ2n) is 4.84. The third-order valence-electron chi connectivity index (χ3n) is 3.67. The lowest BCUT2D eigenvalue weighted by Gasteiger charge is -2.37. The molecule has 3 heteroatoms. The zero-order valence-corrected chi connectivity index (χ0v) is 9.37. The van der Waals surface area contributed by atoms with Gasteiger partial charge in [0.1, 0.15) is 11.6 Å². The van der Waals surface area contributed by atoms with Crippen LogP contribution in [0.5, 0.6) is 0 Å². The Balaban J connectivity index is 1.98. The van der Waals surface area contributed by atoms with Crippen molar-refractivity contribution in [3.63, 3.8) is 0 Å². The molecule has 15 heavy (non-hydrogen) atoms. The Hall–Kier alpha value is -0.700. The molecule has 1 aliphatic carbocycles. The highest BCUT2D eigenvalue weighted by Crippen LogP contribution is 2.23. The van der Waals surface area contributed by atoms with Crippen LogP contribution in [-0.4, -0.2) is 35.6 Å². The van der Waals surface area contributed by atoms with Crippen LogP contribution in [0.3, 0.4) is 0 Å². The fraction of sp³-hybridized carbons (Fsp3) is 0.833. The minimum absolute atomic E-state index is 0.119. The summed E-state index contributed by atoms with van der Waals surface area (Å²) >= 11 is 0. The van der Waals surface area contributed by atoms with E-state index in [4.69, 9.17) is 0 Å². The molecular formula is C12H19NO2. The molecule has 0 aromatic rings. The first kappa shape index (κ1) is 10.8. The van der Waals surface area contributed by atoms with Crippen molar-refractivity contribution in [2.75, 3.05) is 13.1 Å². The molecule has 1 saturated carbocycles. The highest BCUT2D eigenvalue weighted by molar-refractivity contribution is 5.86. The number of Topliss-reactive ketones (excluding diaryl/α,β-unsaturated/α-hetero) is 2. The van der Waals surface area contributed by atoms with Crippen LogP contribution in [0.25, 0.3) is 0 Å². The molecular weight excluding hydrogens is 190 g/mol. The lowest BCUT2D eigenvalue weighted by atomic mass is 9.89. The number of carbonyl (C=O) groups excluding carboxylic acids is 2. The number of rotatable bonds is 1. The fourth-order valence-corrected chi connectivity index (χ4v) is 2.68. The van der Waals surface area contributed by atoms with Gasteiger partial charge < -0.3 is 0 Å². The smallest absolute Gasteiger partial charge is 0.149 e. The zero-order chi connectivity index (χ0) is 10.8. The number of ketones is 2. The highest BCUT2D eigenvalue weighted by atomic mass is 16.1. The average Bonchev–Trinajstić information content (AvgIpc) is 2.23. The second-order valence-corrected chi connectivity index (χ2v) is 4.84. The predicted octanol–water partition coefficient (Wildman–Crippen LogP) is 1.41. The molecule has 0 aromatic heterocycles. The average molecular weight is 209 g/mol. The van der Waals surface area contributed by atoms with Gasteiger partial charge >= 0.3 is 0 Å². The third-order valence-corrected chi connectivity index (χ3v) is 3.67. The van der Waals surface area contributed by atoms with Crippen LogP contribution in [-0.2, 0) is 9.59 Å². The van der Waals surface area contributed by atoms with Crippen molar-refractivity contribution in [1.29, 1.82) is 0 Å². The van der Waals surface area contributed by atoms with Gasteiger partial charge in [0.05, 0.1) is 6.04 Å². The molecule has 0 amide bonds. The van der Waals surface area contributed by atoms with Crippen LogP contribution < -0.4 is 0 Å². The van der Waals surface area contributed by atoms with Gasteiger partial charge in [-0.05, 0) is 12.8 Å². The van der Waals surface area contributed by atoms with E-state index >= 15 is 0 Å². The number of nitrogens with zero attached hydrogens (tertiary/aromatic N) is 1. The van der Waals surface area contributed by atoms with Crippen LogP contribution in [0.1, 0.15) is 39.0 Å². The zero-order valence-electron chi connectivity index (χ0n) is 9.37. The molecule has 2 unspecified atom stereocenters. The Bertz CT molecular complexity index is 275. The first-order valence-corrected chi connectivity index (χ1v) is 5.98. The van der Waals surface area contributed by atoms with E-state index in [0.29, 0.717) is 18.0 Å². The van der Waals surface area contributed by atoms with Crippen molar-refractivity contribution >= 4 is 11.6 Å². The van der Waals surface area contributed by atoms with Crippen LogP contribution in [0.15, 0.2) is 0 Å². The molecule has 0 spiro atoms. The predicted molar refractivity (Wildman–Crippen MR) is 57.6 cm³/mol. The third kappa shape index (κ3) is 2.28. The normalized spacial score (nSPS) is 34.5. The van der Waals surface area contributed by atoms with Crippen LogP contribution in [0.4, 0.5) is 0 Å². The number of carbonyl (C=O) groups is 2. The van der Waals surface area contributed by atoms with Gasteiger partial charge in [0, 0.05) is 31.8 Å². The molecule has 84 valence electrons. The van der Waals surface area contributed by atoms with Crippen molar-refractivity contribution in [1.82, 2.24) is 4.90 Å². The topological polar surface area (TPSA) is 37.4 Å². The molecule has 2 fully saturated rings. The van der Waals surface area contributed by atoms with E-state index in [-0.39, 0.29) is 12.0 Å². The summed E-state index contributed by atoms with van der Waals surface area (Å²) in [6.07, 6.45) is 4.58. The van der Waals surface area contributed by atoms with Crippen LogP contribution >= 0.6 is 0 Å². The molecule has 0 aromatic carbocycles. The van der Waals surface area contributed by atoms with E-state index in [1.807, 2.05) is 6.92 Å². The van der Waals surface area contributed by atoms with Crippen LogP contribution in [0.2, 0.25) is 0 Å². The molecule has 1 aliphatic heterocycles. The molecule has 1 heterocycles. The van der Waals surface area contributed by atoms with Gasteiger partial charge in [-0.1, -0.05) is 13.3 Å². The standard InChI is InChI=1S/C12H19NO2/c1-9-8-13(7-6-11(9)14)10-4-2-3-5-12(10)15/h9-10H,2-8H2,1H3. The van der Waals surface area contributed by atoms with Crippen LogP contribution in [0, 0.1) is 5.92 Å². The molecule has 0 bridgehead atoms. The monoisotopic (exact) mass is 209 g/mol. The molecule has 2 rings (SSSR count). The van der Waals surface area contributed by atoms with Crippen molar-refractivity contribution in [2.45, 2.75) is 45.1 Å².